The standard InChI is InChI=1S/C14H8Cl3N3O/c1-20-14-10(11(16)9(6-18-14)13(17)21)12(19-20)7-2-4-8(15)5-3-7/h2-6H,1H3. The summed E-state index contributed by atoms with van der Waals surface area (Å²) in [4.78, 5) is 15.6. The summed E-state index contributed by atoms with van der Waals surface area (Å²) in [7, 11) is 1.76. The molecular formula is C14H8Cl3N3O. The van der Waals surface area contributed by atoms with Gasteiger partial charge in [-0.25, -0.2) is 9.67 Å². The van der Waals surface area contributed by atoms with Crippen molar-refractivity contribution in [2.75, 3.05) is 0 Å². The van der Waals surface area contributed by atoms with Gasteiger partial charge in [0, 0.05) is 23.8 Å². The Balaban J connectivity index is 2.35. The molecule has 1 aromatic carbocycles. The van der Waals surface area contributed by atoms with Gasteiger partial charge in [0.05, 0.1) is 16.0 Å². The predicted molar refractivity (Wildman–Crippen MR) is 84.1 cm³/mol. The largest absolute Gasteiger partial charge is 0.275 e. The topological polar surface area (TPSA) is 47.8 Å². The van der Waals surface area contributed by atoms with Gasteiger partial charge in [0.1, 0.15) is 5.69 Å². The van der Waals surface area contributed by atoms with E-state index in [0.29, 0.717) is 21.7 Å². The fourth-order valence-corrected chi connectivity index (χ4v) is 2.76. The van der Waals surface area contributed by atoms with E-state index in [2.05, 4.69) is 10.1 Å². The zero-order valence-electron chi connectivity index (χ0n) is 10.8. The Labute approximate surface area is 135 Å². The van der Waals surface area contributed by atoms with Crippen LogP contribution in [0.1, 0.15) is 10.4 Å². The monoisotopic (exact) mass is 339 g/mol. The Morgan fingerprint density at radius 3 is 2.48 bits per heavy atom. The van der Waals surface area contributed by atoms with Gasteiger partial charge in [-0.1, -0.05) is 35.3 Å². The molecule has 106 valence electrons. The van der Waals surface area contributed by atoms with Crippen molar-refractivity contribution in [3.63, 3.8) is 0 Å². The van der Waals surface area contributed by atoms with Gasteiger partial charge in [0.2, 0.25) is 0 Å². The molecule has 0 amide bonds. The average Bonchev–Trinajstić information content (AvgIpc) is 2.78. The molecule has 0 bridgehead atoms. The van der Waals surface area contributed by atoms with Gasteiger partial charge < -0.3 is 0 Å². The van der Waals surface area contributed by atoms with Crippen molar-refractivity contribution in [3.05, 3.63) is 46.1 Å². The predicted octanol–water partition coefficient (Wildman–Crippen LogP) is 4.32. The fourth-order valence-electron chi connectivity index (χ4n) is 2.13. The minimum Gasteiger partial charge on any atom is -0.275 e. The molecule has 2 heterocycles. The van der Waals surface area contributed by atoms with Crippen LogP contribution >= 0.6 is 34.8 Å². The molecule has 3 aromatic rings. The lowest BCUT2D eigenvalue weighted by Gasteiger charge is -2.02. The first kappa shape index (κ1) is 14.3. The number of nitrogens with zero attached hydrogens (tertiary/aromatic N) is 3. The third kappa shape index (κ3) is 2.39. The maximum Gasteiger partial charge on any atom is 0.255 e. The third-order valence-corrected chi connectivity index (χ3v) is 3.97. The second kappa shape index (κ2) is 5.30. The maximum atomic E-state index is 11.4. The molecule has 0 unspecified atom stereocenters. The molecule has 0 aliphatic carbocycles. The van der Waals surface area contributed by atoms with Crippen molar-refractivity contribution in [2.45, 2.75) is 0 Å². The lowest BCUT2D eigenvalue weighted by Crippen LogP contribution is -1.95. The SMILES string of the molecule is Cn1nc(-c2ccc(Cl)cc2)c2c(Cl)c(C(=O)Cl)cnc21. The Hall–Kier alpha value is -1.62. The quantitative estimate of drug-likeness (QED) is 0.653. The van der Waals surface area contributed by atoms with Crippen molar-refractivity contribution in [2.24, 2.45) is 7.05 Å². The lowest BCUT2D eigenvalue weighted by molar-refractivity contribution is 0.108. The number of carbonyl (C=O) groups excluding carboxylic acids is 1. The molecule has 0 radical (unpaired) electrons. The van der Waals surface area contributed by atoms with Gasteiger partial charge in [-0.3, -0.25) is 4.79 Å². The molecule has 0 aliphatic rings. The van der Waals surface area contributed by atoms with Crippen molar-refractivity contribution >= 4 is 51.1 Å². The zero-order chi connectivity index (χ0) is 15.1. The highest BCUT2D eigenvalue weighted by Gasteiger charge is 2.19. The Morgan fingerprint density at radius 2 is 1.86 bits per heavy atom. The first-order valence-electron chi connectivity index (χ1n) is 5.96. The summed E-state index contributed by atoms with van der Waals surface area (Å²) < 4.78 is 1.60. The number of aromatic nitrogens is 3. The number of hydrogen-bond donors (Lipinski definition) is 0. The second-order valence-corrected chi connectivity index (χ2v) is 5.59. The molecule has 0 spiro atoms. The minimum absolute atomic E-state index is 0.161. The highest BCUT2D eigenvalue weighted by molar-refractivity contribution is 6.69. The van der Waals surface area contributed by atoms with Crippen LogP contribution in [-0.4, -0.2) is 20.0 Å². The van der Waals surface area contributed by atoms with E-state index < -0.39 is 5.24 Å². The van der Waals surface area contributed by atoms with Crippen LogP contribution in [0, 0.1) is 0 Å². The summed E-state index contributed by atoms with van der Waals surface area (Å²) in [6.07, 6.45) is 1.35. The van der Waals surface area contributed by atoms with E-state index in [1.165, 1.54) is 6.20 Å². The van der Waals surface area contributed by atoms with Crippen LogP contribution in [-0.2, 0) is 7.05 Å². The van der Waals surface area contributed by atoms with E-state index in [0.717, 1.165) is 5.56 Å². The average molecular weight is 341 g/mol. The summed E-state index contributed by atoms with van der Waals surface area (Å²) in [5.74, 6) is 0. The summed E-state index contributed by atoms with van der Waals surface area (Å²) in [6.45, 7) is 0. The van der Waals surface area contributed by atoms with Crippen LogP contribution in [0.2, 0.25) is 10.0 Å². The number of benzene rings is 1. The Kier molecular flexibility index (Phi) is 3.61. The highest BCUT2D eigenvalue weighted by atomic mass is 35.5. The molecule has 0 fully saturated rings. The number of hydrogen-bond acceptors (Lipinski definition) is 3. The van der Waals surface area contributed by atoms with Crippen LogP contribution < -0.4 is 0 Å². The summed E-state index contributed by atoms with van der Waals surface area (Å²) in [5.41, 5.74) is 2.19. The number of fused-ring (bicyclic) bond motifs is 1. The molecule has 0 atom stereocenters. The maximum absolute atomic E-state index is 11.4. The van der Waals surface area contributed by atoms with E-state index in [-0.39, 0.29) is 10.6 Å². The molecule has 0 saturated heterocycles. The van der Waals surface area contributed by atoms with Gasteiger partial charge in [0.15, 0.2) is 5.65 Å². The molecule has 0 saturated carbocycles. The van der Waals surface area contributed by atoms with Crippen LogP contribution in [0.15, 0.2) is 30.5 Å². The van der Waals surface area contributed by atoms with Crippen LogP contribution in [0.4, 0.5) is 0 Å². The van der Waals surface area contributed by atoms with Gasteiger partial charge in [-0.05, 0) is 23.7 Å². The highest BCUT2D eigenvalue weighted by Crippen LogP contribution is 2.34. The van der Waals surface area contributed by atoms with Gasteiger partial charge in [-0.15, -0.1) is 0 Å². The number of carbonyl (C=O) groups is 1. The molecule has 7 heteroatoms. The van der Waals surface area contributed by atoms with Gasteiger partial charge >= 0.3 is 0 Å². The van der Waals surface area contributed by atoms with Crippen molar-refractivity contribution in [1.82, 2.24) is 14.8 Å². The van der Waals surface area contributed by atoms with E-state index in [9.17, 15) is 4.79 Å². The van der Waals surface area contributed by atoms with Gasteiger partial charge in [-0.2, -0.15) is 5.10 Å². The normalized spacial score (nSPS) is 11.0. The van der Waals surface area contributed by atoms with Crippen LogP contribution in [0.5, 0.6) is 0 Å². The van der Waals surface area contributed by atoms with Gasteiger partial charge in [0.25, 0.3) is 5.24 Å². The van der Waals surface area contributed by atoms with Crippen molar-refractivity contribution < 1.29 is 4.79 Å². The summed E-state index contributed by atoms with van der Waals surface area (Å²) >= 11 is 17.7. The molecule has 2 aromatic heterocycles. The molecule has 21 heavy (non-hydrogen) atoms. The number of halogens is 3. The van der Waals surface area contributed by atoms with Crippen molar-refractivity contribution in [3.8, 4) is 11.3 Å². The Bertz CT molecular complexity index is 856. The van der Waals surface area contributed by atoms with Crippen LogP contribution in [0.25, 0.3) is 22.3 Å². The minimum atomic E-state index is -0.652. The molecular weight excluding hydrogens is 333 g/mol. The molecule has 0 aliphatic heterocycles. The first-order chi connectivity index (χ1) is 9.99. The van der Waals surface area contributed by atoms with E-state index >= 15 is 0 Å². The van der Waals surface area contributed by atoms with E-state index in [1.54, 1.807) is 23.9 Å². The first-order valence-corrected chi connectivity index (χ1v) is 7.09. The second-order valence-electron chi connectivity index (χ2n) is 4.44. The van der Waals surface area contributed by atoms with Crippen LogP contribution in [0.3, 0.4) is 0 Å². The fraction of sp³-hybridized carbons (Fsp3) is 0.0714. The summed E-state index contributed by atoms with van der Waals surface area (Å²) in [6, 6.07) is 7.18. The third-order valence-electron chi connectivity index (χ3n) is 3.12. The number of aryl methyl sites for hydroxylation is 1. The summed E-state index contributed by atoms with van der Waals surface area (Å²) in [5, 5.41) is 5.23. The van der Waals surface area contributed by atoms with Crippen molar-refractivity contribution in [1.29, 1.82) is 0 Å². The van der Waals surface area contributed by atoms with E-state index in [4.69, 9.17) is 34.8 Å². The molecule has 0 N–H and O–H groups in total. The zero-order valence-corrected chi connectivity index (χ0v) is 13.0. The molecule has 3 rings (SSSR count). The Morgan fingerprint density at radius 1 is 1.19 bits per heavy atom. The lowest BCUT2D eigenvalue weighted by atomic mass is 10.1. The number of rotatable bonds is 2. The van der Waals surface area contributed by atoms with E-state index in [1.807, 2.05) is 12.1 Å². The molecule has 4 nitrogen and oxygen atoms in total. The smallest absolute Gasteiger partial charge is 0.255 e. The number of pyridine rings is 1.